The number of nitrogens with one attached hydrogen (secondary N) is 1. The van der Waals surface area contributed by atoms with Gasteiger partial charge in [-0.25, -0.2) is 0 Å². The molecule has 3 aromatic carbocycles. The quantitative estimate of drug-likeness (QED) is 0.466. The van der Waals surface area contributed by atoms with E-state index in [1.165, 1.54) is 0 Å². The largest absolute Gasteiger partial charge is 0.497 e. The second-order valence-electron chi connectivity index (χ2n) is 9.27. The molecule has 0 radical (unpaired) electrons. The molecule has 6 rings (SSSR count). The molecule has 1 fully saturated rings. The van der Waals surface area contributed by atoms with Crippen LogP contribution in [0.4, 0.5) is 0 Å². The van der Waals surface area contributed by atoms with Gasteiger partial charge in [0.15, 0.2) is 0 Å². The van der Waals surface area contributed by atoms with Crippen LogP contribution in [0, 0.1) is 0 Å². The molecule has 2 amide bonds. The van der Waals surface area contributed by atoms with E-state index >= 15 is 0 Å². The highest BCUT2D eigenvalue weighted by atomic mass is 16.5. The maximum Gasteiger partial charge on any atom is 0.246 e. The lowest BCUT2D eigenvalue weighted by Crippen LogP contribution is -2.62. The fourth-order valence-electron chi connectivity index (χ4n) is 5.63. The van der Waals surface area contributed by atoms with Gasteiger partial charge in [-0.2, -0.15) is 0 Å². The maximum atomic E-state index is 13.9. The molecule has 182 valence electrons. The van der Waals surface area contributed by atoms with Crippen LogP contribution >= 0.6 is 0 Å². The second kappa shape index (κ2) is 8.75. The van der Waals surface area contributed by atoms with Crippen molar-refractivity contribution < 1.29 is 19.1 Å². The maximum absolute atomic E-state index is 13.9. The molecule has 0 spiro atoms. The molecular weight excluding hydrogens is 454 g/mol. The number of aromatic nitrogens is 1. The lowest BCUT2D eigenvalue weighted by molar-refractivity contribution is -0.159. The predicted molar refractivity (Wildman–Crippen MR) is 136 cm³/mol. The number of carbonyl (C=O) groups excluding carboxylic acids is 2. The number of amides is 2. The van der Waals surface area contributed by atoms with Crippen LogP contribution in [0.5, 0.6) is 11.5 Å². The molecule has 2 atom stereocenters. The van der Waals surface area contributed by atoms with Gasteiger partial charge in [0.05, 0.1) is 14.2 Å². The van der Waals surface area contributed by atoms with E-state index in [1.807, 2.05) is 66.7 Å². The van der Waals surface area contributed by atoms with E-state index in [0.717, 1.165) is 33.3 Å². The molecule has 7 heteroatoms. The molecule has 0 aliphatic carbocycles. The zero-order chi connectivity index (χ0) is 24.8. The number of fused-ring (bicyclic) bond motifs is 4. The summed E-state index contributed by atoms with van der Waals surface area (Å²) in [6.45, 7) is 0.446. The van der Waals surface area contributed by atoms with Gasteiger partial charge in [-0.15, -0.1) is 0 Å². The van der Waals surface area contributed by atoms with Gasteiger partial charge in [0.2, 0.25) is 11.8 Å². The number of aromatic amines is 1. The SMILES string of the molecule is COc1ccc([C@H]2c3[nH]c4ccccc4c3C[C@H]3C(=O)N(Cc4ccccc4)CC(=O)N23)c(OC)c1. The van der Waals surface area contributed by atoms with Gasteiger partial charge >= 0.3 is 0 Å². The number of rotatable bonds is 5. The van der Waals surface area contributed by atoms with Gasteiger partial charge in [-0.1, -0.05) is 48.5 Å². The molecule has 1 N–H and O–H groups in total. The number of benzene rings is 3. The van der Waals surface area contributed by atoms with Gasteiger partial charge in [0, 0.05) is 41.2 Å². The molecule has 2 aliphatic heterocycles. The van der Waals surface area contributed by atoms with Crippen molar-refractivity contribution in [2.45, 2.75) is 25.0 Å². The van der Waals surface area contributed by atoms with E-state index < -0.39 is 12.1 Å². The molecule has 0 saturated carbocycles. The van der Waals surface area contributed by atoms with Gasteiger partial charge in [-0.3, -0.25) is 9.59 Å². The summed E-state index contributed by atoms with van der Waals surface area (Å²) in [5, 5.41) is 1.07. The van der Waals surface area contributed by atoms with Crippen molar-refractivity contribution >= 4 is 22.7 Å². The van der Waals surface area contributed by atoms with E-state index in [4.69, 9.17) is 9.47 Å². The lowest BCUT2D eigenvalue weighted by Gasteiger charge is -2.47. The van der Waals surface area contributed by atoms with Gasteiger partial charge in [0.1, 0.15) is 30.1 Å². The first-order chi connectivity index (χ1) is 17.6. The van der Waals surface area contributed by atoms with Gasteiger partial charge in [-0.05, 0) is 29.3 Å². The van der Waals surface area contributed by atoms with Crippen molar-refractivity contribution in [2.75, 3.05) is 20.8 Å². The lowest BCUT2D eigenvalue weighted by atomic mass is 9.85. The van der Waals surface area contributed by atoms with Gasteiger partial charge < -0.3 is 24.3 Å². The first-order valence-electron chi connectivity index (χ1n) is 12.0. The number of hydrogen-bond acceptors (Lipinski definition) is 4. The Hall–Kier alpha value is -4.26. The molecule has 4 aromatic rings. The number of ether oxygens (including phenoxy) is 2. The summed E-state index contributed by atoms with van der Waals surface area (Å²) in [6, 6.07) is 22.4. The molecule has 0 bridgehead atoms. The molecule has 3 heterocycles. The third-order valence-electron chi connectivity index (χ3n) is 7.29. The third-order valence-corrected chi connectivity index (χ3v) is 7.29. The van der Waals surface area contributed by atoms with E-state index in [1.54, 1.807) is 24.0 Å². The standard InChI is InChI=1S/C29H27N3O4/c1-35-19-12-13-21(25(14-19)36-2)28-27-22(20-10-6-7-11-23(20)30-27)15-24-29(34)31(17-26(33)32(24)28)16-18-8-4-3-5-9-18/h3-14,24,28,30H,15-17H2,1-2H3/t24-,28-/m0/s1. The Morgan fingerprint density at radius 2 is 1.72 bits per heavy atom. The van der Waals surface area contributed by atoms with Crippen LogP contribution in [-0.2, 0) is 22.6 Å². The molecule has 1 aromatic heterocycles. The highest BCUT2D eigenvalue weighted by Crippen LogP contribution is 2.45. The van der Waals surface area contributed by atoms with Crippen LogP contribution in [0.25, 0.3) is 10.9 Å². The highest BCUT2D eigenvalue weighted by molar-refractivity contribution is 5.97. The number of hydrogen-bond donors (Lipinski definition) is 1. The van der Waals surface area contributed by atoms with Gasteiger partial charge in [0.25, 0.3) is 0 Å². The zero-order valence-corrected chi connectivity index (χ0v) is 20.2. The van der Waals surface area contributed by atoms with Crippen LogP contribution in [0.3, 0.4) is 0 Å². The Morgan fingerprint density at radius 1 is 0.944 bits per heavy atom. The average molecular weight is 482 g/mol. The topological polar surface area (TPSA) is 74.9 Å². The minimum absolute atomic E-state index is 0.0353. The Kier molecular flexibility index (Phi) is 5.40. The Labute approximate surface area is 209 Å². The minimum Gasteiger partial charge on any atom is -0.497 e. The normalized spacial score (nSPS) is 19.3. The van der Waals surface area contributed by atoms with Crippen LogP contribution in [0.1, 0.15) is 28.4 Å². The van der Waals surface area contributed by atoms with Crippen LogP contribution < -0.4 is 9.47 Å². The minimum atomic E-state index is -0.599. The Bertz CT molecular complexity index is 1460. The predicted octanol–water partition coefficient (Wildman–Crippen LogP) is 4.07. The number of para-hydroxylation sites is 1. The molecule has 1 saturated heterocycles. The number of piperazine rings is 1. The monoisotopic (exact) mass is 481 g/mol. The Morgan fingerprint density at radius 3 is 2.50 bits per heavy atom. The molecular formula is C29H27N3O4. The van der Waals surface area contributed by atoms with E-state index in [0.29, 0.717) is 24.5 Å². The van der Waals surface area contributed by atoms with Crippen LogP contribution in [0.15, 0.2) is 72.8 Å². The van der Waals surface area contributed by atoms with E-state index in [-0.39, 0.29) is 18.4 Å². The van der Waals surface area contributed by atoms with Crippen molar-refractivity contribution in [1.29, 1.82) is 0 Å². The van der Waals surface area contributed by atoms with Crippen LogP contribution in [-0.4, -0.2) is 53.4 Å². The Balaban J connectivity index is 1.49. The van der Waals surface area contributed by atoms with Crippen molar-refractivity contribution in [1.82, 2.24) is 14.8 Å². The summed E-state index contributed by atoms with van der Waals surface area (Å²) in [6.07, 6.45) is 0.462. The van der Waals surface area contributed by atoms with Crippen molar-refractivity contribution in [3.05, 3.63) is 95.2 Å². The fourth-order valence-corrected chi connectivity index (χ4v) is 5.63. The summed E-state index contributed by atoms with van der Waals surface area (Å²) in [7, 11) is 3.21. The first kappa shape index (κ1) is 22.2. The zero-order valence-electron chi connectivity index (χ0n) is 20.2. The smallest absolute Gasteiger partial charge is 0.246 e. The summed E-state index contributed by atoms with van der Waals surface area (Å²) in [4.78, 5) is 34.6. The fraction of sp³-hybridized carbons (Fsp3) is 0.241. The van der Waals surface area contributed by atoms with Crippen molar-refractivity contribution in [3.8, 4) is 11.5 Å². The summed E-state index contributed by atoms with van der Waals surface area (Å²) in [5.41, 5.74) is 4.80. The summed E-state index contributed by atoms with van der Waals surface area (Å²) >= 11 is 0. The number of nitrogens with zero attached hydrogens (tertiary/aromatic N) is 2. The number of carbonyl (C=O) groups is 2. The van der Waals surface area contributed by atoms with Crippen LogP contribution in [0.2, 0.25) is 0 Å². The molecule has 36 heavy (non-hydrogen) atoms. The average Bonchev–Trinajstić information content (AvgIpc) is 3.29. The molecule has 7 nitrogen and oxygen atoms in total. The molecule has 2 aliphatic rings. The highest BCUT2D eigenvalue weighted by Gasteiger charge is 2.48. The summed E-state index contributed by atoms with van der Waals surface area (Å²) in [5.74, 6) is 1.15. The van der Waals surface area contributed by atoms with Crippen molar-refractivity contribution in [3.63, 3.8) is 0 Å². The first-order valence-corrected chi connectivity index (χ1v) is 12.0. The van der Waals surface area contributed by atoms with E-state index in [2.05, 4.69) is 11.1 Å². The second-order valence-corrected chi connectivity index (χ2v) is 9.27. The number of methoxy groups -OCH3 is 2. The van der Waals surface area contributed by atoms with Crippen molar-refractivity contribution in [2.24, 2.45) is 0 Å². The number of H-pyrrole nitrogens is 1. The summed E-state index contributed by atoms with van der Waals surface area (Å²) < 4.78 is 11.1. The molecule has 0 unspecified atom stereocenters. The van der Waals surface area contributed by atoms with E-state index in [9.17, 15) is 9.59 Å². The third kappa shape index (κ3) is 3.50.